The molecular formula is C16H15FN2O. The molecule has 1 atom stereocenters. The highest BCUT2D eigenvalue weighted by Crippen LogP contribution is 2.31. The monoisotopic (exact) mass is 270 g/mol. The zero-order valence-corrected chi connectivity index (χ0v) is 11.1. The van der Waals surface area contributed by atoms with Gasteiger partial charge in [0.15, 0.2) is 0 Å². The van der Waals surface area contributed by atoms with E-state index < -0.39 is 0 Å². The molecule has 1 aliphatic rings. The fourth-order valence-corrected chi connectivity index (χ4v) is 2.40. The van der Waals surface area contributed by atoms with Crippen LogP contribution in [0.3, 0.4) is 0 Å². The van der Waals surface area contributed by atoms with Crippen LogP contribution in [0.25, 0.3) is 0 Å². The Morgan fingerprint density at radius 2 is 1.95 bits per heavy atom. The Morgan fingerprint density at radius 1 is 1.20 bits per heavy atom. The Balaban J connectivity index is 1.82. The Morgan fingerprint density at radius 3 is 2.70 bits per heavy atom. The second-order valence-corrected chi connectivity index (χ2v) is 5.01. The minimum Gasteiger partial charge on any atom is -0.508 e. The topological polar surface area (TPSA) is 44.6 Å². The van der Waals surface area contributed by atoms with E-state index in [1.165, 1.54) is 12.1 Å². The van der Waals surface area contributed by atoms with Crippen LogP contribution in [-0.2, 0) is 0 Å². The standard InChI is InChI=1S/C16H15FN2O/c1-10-2-7-16(20)13(8-10)15-9-14(18-19-15)11-3-5-12(17)6-4-11/h2-8,15,19-20H,9H2,1H3. The van der Waals surface area contributed by atoms with E-state index in [9.17, 15) is 9.50 Å². The molecule has 102 valence electrons. The van der Waals surface area contributed by atoms with E-state index in [1.807, 2.05) is 19.1 Å². The first-order valence-electron chi connectivity index (χ1n) is 6.51. The van der Waals surface area contributed by atoms with Gasteiger partial charge in [0, 0.05) is 12.0 Å². The molecule has 0 amide bonds. The van der Waals surface area contributed by atoms with Crippen molar-refractivity contribution in [2.45, 2.75) is 19.4 Å². The van der Waals surface area contributed by atoms with E-state index in [0.29, 0.717) is 6.42 Å². The molecule has 2 N–H and O–H groups in total. The van der Waals surface area contributed by atoms with Crippen LogP contribution in [0.1, 0.15) is 29.2 Å². The van der Waals surface area contributed by atoms with Gasteiger partial charge in [0.05, 0.1) is 11.8 Å². The predicted octanol–water partition coefficient (Wildman–Crippen LogP) is 3.28. The van der Waals surface area contributed by atoms with E-state index in [0.717, 1.165) is 22.4 Å². The molecule has 20 heavy (non-hydrogen) atoms. The molecule has 1 unspecified atom stereocenters. The van der Waals surface area contributed by atoms with Crippen LogP contribution in [0, 0.1) is 12.7 Å². The van der Waals surface area contributed by atoms with Crippen molar-refractivity contribution in [3.05, 3.63) is 65.0 Å². The average Bonchev–Trinajstić information content (AvgIpc) is 2.92. The molecule has 0 aliphatic carbocycles. The van der Waals surface area contributed by atoms with Crippen LogP contribution in [0.4, 0.5) is 4.39 Å². The van der Waals surface area contributed by atoms with Crippen molar-refractivity contribution in [1.29, 1.82) is 0 Å². The molecule has 3 nitrogen and oxygen atoms in total. The number of aryl methyl sites for hydroxylation is 1. The van der Waals surface area contributed by atoms with E-state index in [4.69, 9.17) is 0 Å². The van der Waals surface area contributed by atoms with Crippen molar-refractivity contribution in [3.8, 4) is 5.75 Å². The first-order valence-corrected chi connectivity index (χ1v) is 6.51. The number of rotatable bonds is 2. The molecule has 0 saturated carbocycles. The summed E-state index contributed by atoms with van der Waals surface area (Å²) in [4.78, 5) is 0. The van der Waals surface area contributed by atoms with Crippen molar-refractivity contribution in [3.63, 3.8) is 0 Å². The van der Waals surface area contributed by atoms with Crippen LogP contribution in [-0.4, -0.2) is 10.8 Å². The Labute approximate surface area is 116 Å². The molecule has 3 rings (SSSR count). The van der Waals surface area contributed by atoms with Gasteiger partial charge in [0.25, 0.3) is 0 Å². The third-order valence-corrected chi connectivity index (χ3v) is 3.49. The number of aromatic hydroxyl groups is 1. The summed E-state index contributed by atoms with van der Waals surface area (Å²) in [6.45, 7) is 1.99. The summed E-state index contributed by atoms with van der Waals surface area (Å²) in [7, 11) is 0. The molecule has 0 radical (unpaired) electrons. The number of hydrogen-bond acceptors (Lipinski definition) is 3. The quantitative estimate of drug-likeness (QED) is 0.879. The van der Waals surface area contributed by atoms with Gasteiger partial charge in [-0.25, -0.2) is 4.39 Å². The smallest absolute Gasteiger partial charge is 0.123 e. The fourth-order valence-electron chi connectivity index (χ4n) is 2.40. The van der Waals surface area contributed by atoms with Gasteiger partial charge in [-0.1, -0.05) is 29.8 Å². The number of hydrazone groups is 1. The number of hydrogen-bond donors (Lipinski definition) is 2. The van der Waals surface area contributed by atoms with Crippen molar-refractivity contribution in [1.82, 2.24) is 5.43 Å². The van der Waals surface area contributed by atoms with Crippen LogP contribution < -0.4 is 5.43 Å². The van der Waals surface area contributed by atoms with Gasteiger partial charge >= 0.3 is 0 Å². The maximum Gasteiger partial charge on any atom is 0.123 e. The Bertz CT molecular complexity index is 665. The first kappa shape index (κ1) is 12.7. The molecule has 2 aromatic carbocycles. The number of phenolic OH excluding ortho intramolecular Hbond substituents is 1. The number of phenols is 1. The summed E-state index contributed by atoms with van der Waals surface area (Å²) < 4.78 is 12.9. The SMILES string of the molecule is Cc1ccc(O)c(C2CC(c3ccc(F)cc3)=NN2)c1. The summed E-state index contributed by atoms with van der Waals surface area (Å²) in [6, 6.07) is 11.8. The van der Waals surface area contributed by atoms with Crippen LogP contribution in [0.15, 0.2) is 47.6 Å². The summed E-state index contributed by atoms with van der Waals surface area (Å²) in [6.07, 6.45) is 0.669. The van der Waals surface area contributed by atoms with E-state index in [-0.39, 0.29) is 17.6 Å². The molecule has 0 bridgehead atoms. The maximum atomic E-state index is 12.9. The molecule has 1 heterocycles. The number of benzene rings is 2. The molecule has 0 fully saturated rings. The molecule has 0 spiro atoms. The molecular weight excluding hydrogens is 255 g/mol. The molecule has 2 aromatic rings. The summed E-state index contributed by atoms with van der Waals surface area (Å²) in [5, 5.41) is 14.2. The summed E-state index contributed by atoms with van der Waals surface area (Å²) in [5.74, 6) is 0.0110. The molecule has 1 aliphatic heterocycles. The van der Waals surface area contributed by atoms with Crippen LogP contribution in [0.2, 0.25) is 0 Å². The highest BCUT2D eigenvalue weighted by molar-refractivity contribution is 6.01. The first-order chi connectivity index (χ1) is 9.63. The predicted molar refractivity (Wildman–Crippen MR) is 76.3 cm³/mol. The second kappa shape index (κ2) is 4.96. The molecule has 0 aromatic heterocycles. The molecule has 4 heteroatoms. The zero-order chi connectivity index (χ0) is 14.1. The van der Waals surface area contributed by atoms with Gasteiger partial charge in [-0.2, -0.15) is 5.10 Å². The van der Waals surface area contributed by atoms with Gasteiger partial charge in [-0.3, -0.25) is 0 Å². The van der Waals surface area contributed by atoms with Crippen molar-refractivity contribution in [2.24, 2.45) is 5.10 Å². The van der Waals surface area contributed by atoms with E-state index in [1.54, 1.807) is 18.2 Å². The minimum atomic E-state index is -0.256. The highest BCUT2D eigenvalue weighted by Gasteiger charge is 2.23. The van der Waals surface area contributed by atoms with Gasteiger partial charge in [-0.05, 0) is 30.7 Å². The van der Waals surface area contributed by atoms with Crippen molar-refractivity contribution >= 4 is 5.71 Å². The van der Waals surface area contributed by atoms with Crippen molar-refractivity contribution in [2.75, 3.05) is 0 Å². The lowest BCUT2D eigenvalue weighted by atomic mass is 9.97. The maximum absolute atomic E-state index is 12.9. The second-order valence-electron chi connectivity index (χ2n) is 5.01. The third-order valence-electron chi connectivity index (χ3n) is 3.49. The Hall–Kier alpha value is -2.36. The zero-order valence-electron chi connectivity index (χ0n) is 11.1. The lowest BCUT2D eigenvalue weighted by Gasteiger charge is -2.12. The number of halogens is 1. The third kappa shape index (κ3) is 2.37. The summed E-state index contributed by atoms with van der Waals surface area (Å²) in [5.41, 5.74) is 6.74. The van der Waals surface area contributed by atoms with Crippen LogP contribution >= 0.6 is 0 Å². The Kier molecular flexibility index (Phi) is 3.14. The lowest BCUT2D eigenvalue weighted by molar-refractivity contribution is 0.455. The number of nitrogens with one attached hydrogen (secondary N) is 1. The average molecular weight is 270 g/mol. The van der Waals surface area contributed by atoms with Crippen molar-refractivity contribution < 1.29 is 9.50 Å². The van der Waals surface area contributed by atoms with Gasteiger partial charge in [0.1, 0.15) is 11.6 Å². The number of nitrogens with zero attached hydrogens (tertiary/aromatic N) is 1. The molecule has 0 saturated heterocycles. The van der Waals surface area contributed by atoms with E-state index in [2.05, 4.69) is 10.5 Å². The van der Waals surface area contributed by atoms with Crippen LogP contribution in [0.5, 0.6) is 5.75 Å². The largest absolute Gasteiger partial charge is 0.508 e. The fraction of sp³-hybridized carbons (Fsp3) is 0.188. The summed E-state index contributed by atoms with van der Waals surface area (Å²) >= 11 is 0. The lowest BCUT2D eigenvalue weighted by Crippen LogP contribution is -2.10. The van der Waals surface area contributed by atoms with Gasteiger partial charge < -0.3 is 10.5 Å². The van der Waals surface area contributed by atoms with E-state index >= 15 is 0 Å². The van der Waals surface area contributed by atoms with Gasteiger partial charge in [-0.15, -0.1) is 0 Å². The van der Waals surface area contributed by atoms with Gasteiger partial charge in [0.2, 0.25) is 0 Å². The minimum absolute atomic E-state index is 0.0463. The normalized spacial score (nSPS) is 17.7. The highest BCUT2D eigenvalue weighted by atomic mass is 19.1.